The molecule has 1 rings (SSSR count). The fraction of sp³-hybridized carbons (Fsp3) is 0.429. The molecular weight excluding hydrogens is 310 g/mol. The minimum Gasteiger partial charge on any atom is -0.469 e. The Labute approximate surface area is 129 Å². The lowest BCUT2D eigenvalue weighted by molar-refractivity contribution is -0.144. The molecule has 0 fully saturated rings. The van der Waals surface area contributed by atoms with Gasteiger partial charge in [0.2, 0.25) is 10.0 Å². The summed E-state index contributed by atoms with van der Waals surface area (Å²) >= 11 is 0. The van der Waals surface area contributed by atoms with E-state index in [0.717, 1.165) is 4.31 Å². The summed E-state index contributed by atoms with van der Waals surface area (Å²) in [6.07, 6.45) is 0. The third-order valence-electron chi connectivity index (χ3n) is 3.12. The van der Waals surface area contributed by atoms with Crippen LogP contribution in [0.25, 0.3) is 0 Å². The van der Waals surface area contributed by atoms with Crippen LogP contribution in [0, 0.1) is 5.92 Å². The number of rotatable bonds is 6. The summed E-state index contributed by atoms with van der Waals surface area (Å²) in [5.41, 5.74) is 0.257. The zero-order valence-corrected chi connectivity index (χ0v) is 13.7. The Balaban J connectivity index is 2.94. The number of methoxy groups -OCH3 is 2. The SMILES string of the molecule is COC(=O)c1ccc(S(=O)(=O)N(C)CC(C)C(=O)OC)cc1. The molecule has 8 heteroatoms. The molecule has 1 aromatic rings. The molecule has 0 aliphatic carbocycles. The Bertz CT molecular complexity index is 638. The lowest BCUT2D eigenvalue weighted by atomic mass is 10.2. The first kappa shape index (κ1) is 18.1. The van der Waals surface area contributed by atoms with Gasteiger partial charge in [0.15, 0.2) is 0 Å². The summed E-state index contributed by atoms with van der Waals surface area (Å²) in [4.78, 5) is 22.7. The van der Waals surface area contributed by atoms with Crippen molar-refractivity contribution < 1.29 is 27.5 Å². The molecule has 0 aromatic heterocycles. The highest BCUT2D eigenvalue weighted by Gasteiger charge is 2.25. The summed E-state index contributed by atoms with van der Waals surface area (Å²) in [5.74, 6) is -1.61. The fourth-order valence-electron chi connectivity index (χ4n) is 1.82. The van der Waals surface area contributed by atoms with E-state index in [9.17, 15) is 18.0 Å². The van der Waals surface area contributed by atoms with Crippen molar-refractivity contribution in [3.8, 4) is 0 Å². The summed E-state index contributed by atoms with van der Waals surface area (Å²) in [6.45, 7) is 1.58. The Morgan fingerprint density at radius 2 is 1.68 bits per heavy atom. The van der Waals surface area contributed by atoms with Gasteiger partial charge in [0.1, 0.15) is 0 Å². The standard InChI is InChI=1S/C14H19NO6S/c1-10(13(16)20-3)9-15(2)22(18,19)12-7-5-11(6-8-12)14(17)21-4/h5-8,10H,9H2,1-4H3. The number of ether oxygens (including phenoxy) is 2. The number of carbonyl (C=O) groups excluding carboxylic acids is 2. The Hall–Kier alpha value is -1.93. The van der Waals surface area contributed by atoms with E-state index in [4.69, 9.17) is 0 Å². The van der Waals surface area contributed by atoms with E-state index >= 15 is 0 Å². The van der Waals surface area contributed by atoms with Crippen molar-refractivity contribution in [3.63, 3.8) is 0 Å². The molecule has 0 bridgehead atoms. The molecular formula is C14H19NO6S. The van der Waals surface area contributed by atoms with Crippen LogP contribution in [-0.2, 0) is 24.3 Å². The van der Waals surface area contributed by atoms with Crippen LogP contribution in [0.15, 0.2) is 29.2 Å². The molecule has 0 heterocycles. The third-order valence-corrected chi connectivity index (χ3v) is 4.96. The molecule has 0 saturated carbocycles. The molecule has 0 N–H and O–H groups in total. The van der Waals surface area contributed by atoms with Gasteiger partial charge in [0.25, 0.3) is 0 Å². The molecule has 0 aliphatic rings. The molecule has 1 atom stereocenters. The minimum absolute atomic E-state index is 0.00619. The fourth-order valence-corrected chi connectivity index (χ4v) is 3.08. The van der Waals surface area contributed by atoms with Crippen LogP contribution in [0.4, 0.5) is 0 Å². The Kier molecular flexibility index (Phi) is 6.07. The maximum absolute atomic E-state index is 12.4. The average molecular weight is 329 g/mol. The van der Waals surface area contributed by atoms with Crippen LogP contribution in [-0.4, -0.2) is 52.5 Å². The number of nitrogens with zero attached hydrogens (tertiary/aromatic N) is 1. The molecule has 0 spiro atoms. The van der Waals surface area contributed by atoms with Gasteiger partial charge >= 0.3 is 11.9 Å². The van der Waals surface area contributed by atoms with Crippen LogP contribution in [0.3, 0.4) is 0 Å². The molecule has 1 unspecified atom stereocenters. The van der Waals surface area contributed by atoms with Crippen molar-refractivity contribution in [2.24, 2.45) is 5.92 Å². The predicted octanol–water partition coefficient (Wildman–Crippen LogP) is 0.903. The maximum atomic E-state index is 12.4. The second-order valence-corrected chi connectivity index (χ2v) is 6.77. The van der Waals surface area contributed by atoms with Crippen molar-refractivity contribution in [2.75, 3.05) is 27.8 Å². The van der Waals surface area contributed by atoms with Gasteiger partial charge in [-0.2, -0.15) is 0 Å². The topological polar surface area (TPSA) is 90.0 Å². The maximum Gasteiger partial charge on any atom is 0.337 e. The smallest absolute Gasteiger partial charge is 0.337 e. The van der Waals surface area contributed by atoms with E-state index in [-0.39, 0.29) is 17.0 Å². The van der Waals surface area contributed by atoms with E-state index in [0.29, 0.717) is 0 Å². The lowest BCUT2D eigenvalue weighted by Gasteiger charge is -2.20. The van der Waals surface area contributed by atoms with Gasteiger partial charge < -0.3 is 9.47 Å². The molecule has 0 amide bonds. The molecule has 1 aromatic carbocycles. The summed E-state index contributed by atoms with van der Waals surface area (Å²) in [7, 11) is 0.120. The van der Waals surface area contributed by atoms with Crippen molar-refractivity contribution in [2.45, 2.75) is 11.8 Å². The minimum atomic E-state index is -3.75. The summed E-state index contributed by atoms with van der Waals surface area (Å²) in [6, 6.07) is 5.38. The number of sulfonamides is 1. The second-order valence-electron chi connectivity index (χ2n) is 4.73. The number of hydrogen-bond donors (Lipinski definition) is 0. The normalized spacial score (nSPS) is 12.8. The van der Waals surface area contributed by atoms with Crippen molar-refractivity contribution in [1.82, 2.24) is 4.31 Å². The van der Waals surface area contributed by atoms with Gasteiger partial charge in [0, 0.05) is 13.6 Å². The number of hydrogen-bond acceptors (Lipinski definition) is 6. The average Bonchev–Trinajstić information content (AvgIpc) is 2.53. The molecule has 22 heavy (non-hydrogen) atoms. The highest BCUT2D eigenvalue weighted by Crippen LogP contribution is 2.17. The van der Waals surface area contributed by atoms with E-state index in [1.54, 1.807) is 6.92 Å². The van der Waals surface area contributed by atoms with Gasteiger partial charge in [-0.05, 0) is 24.3 Å². The second kappa shape index (κ2) is 7.37. The highest BCUT2D eigenvalue weighted by atomic mass is 32.2. The predicted molar refractivity (Wildman–Crippen MR) is 78.8 cm³/mol. The van der Waals surface area contributed by atoms with Gasteiger partial charge in [-0.25, -0.2) is 17.5 Å². The molecule has 0 radical (unpaired) electrons. The van der Waals surface area contributed by atoms with Crippen LogP contribution in [0.2, 0.25) is 0 Å². The van der Waals surface area contributed by atoms with Crippen molar-refractivity contribution >= 4 is 22.0 Å². The Morgan fingerprint density at radius 3 is 2.14 bits per heavy atom. The van der Waals surface area contributed by atoms with Gasteiger partial charge in [-0.15, -0.1) is 0 Å². The first-order valence-corrected chi connectivity index (χ1v) is 7.90. The zero-order valence-electron chi connectivity index (χ0n) is 12.9. The number of carbonyl (C=O) groups is 2. The monoisotopic (exact) mass is 329 g/mol. The van der Waals surface area contributed by atoms with Crippen molar-refractivity contribution in [3.05, 3.63) is 29.8 Å². The molecule has 0 saturated heterocycles. The Morgan fingerprint density at radius 1 is 1.14 bits per heavy atom. The molecule has 0 aliphatic heterocycles. The largest absolute Gasteiger partial charge is 0.469 e. The number of esters is 2. The van der Waals surface area contributed by atoms with Crippen LogP contribution < -0.4 is 0 Å². The van der Waals surface area contributed by atoms with Crippen LogP contribution >= 0.6 is 0 Å². The first-order chi connectivity index (χ1) is 10.2. The first-order valence-electron chi connectivity index (χ1n) is 6.46. The van der Waals surface area contributed by atoms with E-state index in [1.165, 1.54) is 45.5 Å². The van der Waals surface area contributed by atoms with Crippen molar-refractivity contribution in [1.29, 1.82) is 0 Å². The highest BCUT2D eigenvalue weighted by molar-refractivity contribution is 7.89. The van der Waals surface area contributed by atoms with E-state index in [1.807, 2.05) is 0 Å². The van der Waals surface area contributed by atoms with Gasteiger partial charge in [-0.1, -0.05) is 6.92 Å². The van der Waals surface area contributed by atoms with E-state index in [2.05, 4.69) is 9.47 Å². The number of benzene rings is 1. The summed E-state index contributed by atoms with van der Waals surface area (Å²) < 4.78 is 35.0. The quantitative estimate of drug-likeness (QED) is 0.720. The van der Waals surface area contributed by atoms with Gasteiger partial charge in [-0.3, -0.25) is 4.79 Å². The summed E-state index contributed by atoms with van der Waals surface area (Å²) in [5, 5.41) is 0. The zero-order chi connectivity index (χ0) is 16.9. The lowest BCUT2D eigenvalue weighted by Crippen LogP contribution is -2.34. The molecule has 7 nitrogen and oxygen atoms in total. The third kappa shape index (κ3) is 4.05. The van der Waals surface area contributed by atoms with E-state index < -0.39 is 27.9 Å². The van der Waals surface area contributed by atoms with Crippen LogP contribution in [0.5, 0.6) is 0 Å². The van der Waals surface area contributed by atoms with Gasteiger partial charge in [0.05, 0.1) is 30.6 Å². The van der Waals surface area contributed by atoms with Crippen LogP contribution in [0.1, 0.15) is 17.3 Å². The molecule has 122 valence electrons.